The fraction of sp³-hybridized carbons (Fsp3) is 0.250. The van der Waals surface area contributed by atoms with Gasteiger partial charge in [-0.25, -0.2) is 0 Å². The summed E-state index contributed by atoms with van der Waals surface area (Å²) in [5, 5.41) is 0. The smallest absolute Gasteiger partial charge is 0.185 e. The van der Waals surface area contributed by atoms with E-state index in [0.29, 0.717) is 0 Å². The average molecular weight is 188 g/mol. The number of benzene rings is 1. The molecule has 14 heavy (non-hydrogen) atoms. The Kier molecular flexibility index (Phi) is 2.46. The number of carbonyl (C=O) groups is 1. The lowest BCUT2D eigenvalue weighted by Gasteiger charge is -1.92. The SMILES string of the molecule is C[C@@H]1O[C@H]1/C=C/C(=O)c1ccccc1. The van der Waals surface area contributed by atoms with Gasteiger partial charge in [0, 0.05) is 5.56 Å². The Hall–Kier alpha value is -1.41. The molecule has 0 aromatic heterocycles. The Labute approximate surface area is 83.2 Å². The van der Waals surface area contributed by atoms with Crippen molar-refractivity contribution < 1.29 is 9.53 Å². The molecule has 1 fully saturated rings. The topological polar surface area (TPSA) is 29.6 Å². The molecule has 0 bridgehead atoms. The van der Waals surface area contributed by atoms with Crippen molar-refractivity contribution in [3.05, 3.63) is 48.0 Å². The fourth-order valence-electron chi connectivity index (χ4n) is 1.29. The van der Waals surface area contributed by atoms with Gasteiger partial charge in [-0.05, 0) is 19.1 Å². The van der Waals surface area contributed by atoms with E-state index in [4.69, 9.17) is 4.74 Å². The monoisotopic (exact) mass is 188 g/mol. The molecule has 0 aliphatic carbocycles. The second-order valence-electron chi connectivity index (χ2n) is 3.40. The molecule has 2 atom stereocenters. The lowest BCUT2D eigenvalue weighted by molar-refractivity contribution is 0.104. The van der Waals surface area contributed by atoms with Crippen LogP contribution in [0.4, 0.5) is 0 Å². The second kappa shape index (κ2) is 3.76. The molecule has 1 heterocycles. The normalized spacial score (nSPS) is 25.2. The highest BCUT2D eigenvalue weighted by atomic mass is 16.6. The quantitative estimate of drug-likeness (QED) is 0.413. The maximum absolute atomic E-state index is 11.5. The van der Waals surface area contributed by atoms with Crippen LogP contribution in [0.5, 0.6) is 0 Å². The molecule has 0 radical (unpaired) electrons. The summed E-state index contributed by atoms with van der Waals surface area (Å²) in [6.07, 6.45) is 3.82. The number of hydrogen-bond donors (Lipinski definition) is 0. The van der Waals surface area contributed by atoms with Crippen molar-refractivity contribution in [2.24, 2.45) is 0 Å². The van der Waals surface area contributed by atoms with Gasteiger partial charge in [-0.15, -0.1) is 0 Å². The first-order valence-corrected chi connectivity index (χ1v) is 4.70. The molecule has 0 saturated carbocycles. The van der Waals surface area contributed by atoms with E-state index in [2.05, 4.69) is 0 Å². The standard InChI is InChI=1S/C12H12O2/c1-9-12(14-9)8-7-11(13)10-5-3-2-4-6-10/h2-9,12H,1H3/b8-7+/t9-,12-/m0/s1. The number of ether oxygens (including phenoxy) is 1. The van der Waals surface area contributed by atoms with Crippen LogP contribution in [-0.2, 0) is 4.74 Å². The summed E-state index contributed by atoms with van der Waals surface area (Å²) in [4.78, 5) is 11.5. The number of allylic oxidation sites excluding steroid dienone is 1. The Morgan fingerprint density at radius 2 is 2.00 bits per heavy atom. The molecule has 1 saturated heterocycles. The molecule has 2 nitrogen and oxygen atoms in total. The minimum Gasteiger partial charge on any atom is -0.365 e. The van der Waals surface area contributed by atoms with Crippen LogP contribution in [0.2, 0.25) is 0 Å². The van der Waals surface area contributed by atoms with Gasteiger partial charge in [0.25, 0.3) is 0 Å². The zero-order valence-corrected chi connectivity index (χ0v) is 8.01. The molecule has 0 unspecified atom stereocenters. The molecule has 1 aliphatic rings. The molecule has 1 aliphatic heterocycles. The summed E-state index contributed by atoms with van der Waals surface area (Å²) in [5.41, 5.74) is 0.719. The van der Waals surface area contributed by atoms with E-state index in [0.717, 1.165) is 5.56 Å². The van der Waals surface area contributed by atoms with Crippen LogP contribution in [0, 0.1) is 0 Å². The summed E-state index contributed by atoms with van der Waals surface area (Å²) < 4.78 is 5.16. The van der Waals surface area contributed by atoms with Crippen molar-refractivity contribution in [2.75, 3.05) is 0 Å². The van der Waals surface area contributed by atoms with E-state index in [9.17, 15) is 4.79 Å². The van der Waals surface area contributed by atoms with Gasteiger partial charge in [-0.1, -0.05) is 30.3 Å². The van der Waals surface area contributed by atoms with E-state index in [1.165, 1.54) is 0 Å². The van der Waals surface area contributed by atoms with Gasteiger partial charge >= 0.3 is 0 Å². The van der Waals surface area contributed by atoms with Crippen LogP contribution < -0.4 is 0 Å². The highest BCUT2D eigenvalue weighted by Gasteiger charge is 2.31. The molecule has 0 amide bonds. The first-order valence-electron chi connectivity index (χ1n) is 4.70. The predicted molar refractivity (Wildman–Crippen MR) is 54.2 cm³/mol. The third kappa shape index (κ3) is 2.09. The van der Waals surface area contributed by atoms with Gasteiger partial charge < -0.3 is 4.74 Å². The largest absolute Gasteiger partial charge is 0.365 e. The fourth-order valence-corrected chi connectivity index (χ4v) is 1.29. The van der Waals surface area contributed by atoms with E-state index in [1.807, 2.05) is 43.3 Å². The van der Waals surface area contributed by atoms with Crippen LogP contribution in [-0.4, -0.2) is 18.0 Å². The van der Waals surface area contributed by atoms with Crippen LogP contribution in [0.25, 0.3) is 0 Å². The van der Waals surface area contributed by atoms with Crippen LogP contribution in [0.15, 0.2) is 42.5 Å². The maximum atomic E-state index is 11.5. The molecular weight excluding hydrogens is 176 g/mol. The summed E-state index contributed by atoms with van der Waals surface area (Å²) in [7, 11) is 0. The Morgan fingerprint density at radius 1 is 1.36 bits per heavy atom. The number of rotatable bonds is 3. The third-order valence-electron chi connectivity index (χ3n) is 2.25. The molecule has 2 rings (SSSR count). The van der Waals surface area contributed by atoms with Crippen molar-refractivity contribution in [3.8, 4) is 0 Å². The minimum atomic E-state index is 0.0355. The van der Waals surface area contributed by atoms with E-state index < -0.39 is 0 Å². The van der Waals surface area contributed by atoms with Crippen molar-refractivity contribution >= 4 is 5.78 Å². The maximum Gasteiger partial charge on any atom is 0.185 e. The first-order chi connectivity index (χ1) is 6.77. The minimum absolute atomic E-state index is 0.0355. The van der Waals surface area contributed by atoms with Crippen LogP contribution in [0.3, 0.4) is 0 Å². The van der Waals surface area contributed by atoms with Gasteiger partial charge in [-0.2, -0.15) is 0 Å². The van der Waals surface area contributed by atoms with E-state index in [-0.39, 0.29) is 18.0 Å². The number of epoxide rings is 1. The van der Waals surface area contributed by atoms with Crippen molar-refractivity contribution in [1.82, 2.24) is 0 Å². The average Bonchev–Trinajstić information content (AvgIpc) is 2.92. The van der Waals surface area contributed by atoms with Crippen LogP contribution in [0.1, 0.15) is 17.3 Å². The molecule has 0 N–H and O–H groups in total. The van der Waals surface area contributed by atoms with Gasteiger partial charge in [0.1, 0.15) is 6.10 Å². The summed E-state index contributed by atoms with van der Waals surface area (Å²) in [6, 6.07) is 9.23. The van der Waals surface area contributed by atoms with Gasteiger partial charge in [0.2, 0.25) is 0 Å². The number of hydrogen-bond acceptors (Lipinski definition) is 2. The number of carbonyl (C=O) groups excluding carboxylic acids is 1. The molecule has 1 aromatic carbocycles. The zero-order chi connectivity index (χ0) is 9.97. The zero-order valence-electron chi connectivity index (χ0n) is 8.01. The Bertz CT molecular complexity index is 354. The van der Waals surface area contributed by atoms with Crippen molar-refractivity contribution in [3.63, 3.8) is 0 Å². The number of ketones is 1. The van der Waals surface area contributed by atoms with Crippen LogP contribution >= 0.6 is 0 Å². The Morgan fingerprint density at radius 3 is 2.57 bits per heavy atom. The molecule has 72 valence electrons. The van der Waals surface area contributed by atoms with Crippen molar-refractivity contribution in [1.29, 1.82) is 0 Å². The van der Waals surface area contributed by atoms with Gasteiger partial charge in [-0.3, -0.25) is 4.79 Å². The lowest BCUT2D eigenvalue weighted by atomic mass is 10.1. The second-order valence-corrected chi connectivity index (χ2v) is 3.40. The van der Waals surface area contributed by atoms with Crippen molar-refractivity contribution in [2.45, 2.75) is 19.1 Å². The lowest BCUT2D eigenvalue weighted by Crippen LogP contribution is -1.94. The summed E-state index contributed by atoms with van der Waals surface area (Å²) in [6.45, 7) is 1.99. The molecule has 2 heteroatoms. The molecular formula is C12H12O2. The van der Waals surface area contributed by atoms with E-state index in [1.54, 1.807) is 6.08 Å². The highest BCUT2D eigenvalue weighted by molar-refractivity contribution is 6.04. The summed E-state index contributed by atoms with van der Waals surface area (Å²) in [5.74, 6) is 0.0355. The molecule has 0 spiro atoms. The summed E-state index contributed by atoms with van der Waals surface area (Å²) >= 11 is 0. The third-order valence-corrected chi connectivity index (χ3v) is 2.25. The van der Waals surface area contributed by atoms with Gasteiger partial charge in [0.15, 0.2) is 5.78 Å². The predicted octanol–water partition coefficient (Wildman–Crippen LogP) is 2.21. The van der Waals surface area contributed by atoms with E-state index >= 15 is 0 Å². The Balaban J connectivity index is 1.99. The molecule has 1 aromatic rings. The first kappa shape index (κ1) is 9.16. The van der Waals surface area contributed by atoms with Gasteiger partial charge in [0.05, 0.1) is 6.10 Å². The highest BCUT2D eigenvalue weighted by Crippen LogP contribution is 2.22.